The van der Waals surface area contributed by atoms with E-state index in [1.54, 1.807) is 26.1 Å². The molecular weight excluding hydrogens is 350 g/mol. The Morgan fingerprint density at radius 2 is 1.92 bits per heavy atom. The molecule has 2 N–H and O–H groups in total. The van der Waals surface area contributed by atoms with Crippen LogP contribution in [-0.4, -0.2) is 31.8 Å². The summed E-state index contributed by atoms with van der Waals surface area (Å²) in [5, 5.41) is 6.21. The Labute approximate surface area is 151 Å². The SMILES string of the molecule is CCOc1ccc(CNC(=NC)NC2CCC(C(F)(F)F)CC2)cc1F. The lowest BCUT2D eigenvalue weighted by molar-refractivity contribution is -0.182. The zero-order valence-electron chi connectivity index (χ0n) is 15.0. The van der Waals surface area contributed by atoms with Gasteiger partial charge in [0.25, 0.3) is 0 Å². The summed E-state index contributed by atoms with van der Waals surface area (Å²) in [5.41, 5.74) is 0.717. The van der Waals surface area contributed by atoms with Crippen LogP contribution in [0.25, 0.3) is 0 Å². The van der Waals surface area contributed by atoms with Gasteiger partial charge in [-0.05, 0) is 50.3 Å². The third-order valence-electron chi connectivity index (χ3n) is 4.51. The van der Waals surface area contributed by atoms with Gasteiger partial charge in [-0.25, -0.2) is 4.39 Å². The maximum Gasteiger partial charge on any atom is 0.391 e. The largest absolute Gasteiger partial charge is 0.491 e. The van der Waals surface area contributed by atoms with Crippen molar-refractivity contribution < 1.29 is 22.3 Å². The molecule has 1 aromatic rings. The van der Waals surface area contributed by atoms with E-state index in [2.05, 4.69) is 15.6 Å². The molecule has 0 spiro atoms. The summed E-state index contributed by atoms with van der Waals surface area (Å²) in [6.07, 6.45) is -2.96. The minimum Gasteiger partial charge on any atom is -0.491 e. The molecule has 0 atom stereocenters. The number of hydrogen-bond donors (Lipinski definition) is 2. The quantitative estimate of drug-likeness (QED) is 0.464. The molecule has 1 aromatic carbocycles. The van der Waals surface area contributed by atoms with E-state index in [-0.39, 0.29) is 24.6 Å². The number of ether oxygens (including phenoxy) is 1. The first-order chi connectivity index (χ1) is 12.3. The molecule has 0 bridgehead atoms. The van der Waals surface area contributed by atoms with E-state index in [0.717, 1.165) is 5.56 Å². The molecule has 2 rings (SSSR count). The summed E-state index contributed by atoms with van der Waals surface area (Å²) < 4.78 is 57.2. The Morgan fingerprint density at radius 3 is 2.46 bits per heavy atom. The number of aliphatic imine (C=N–C) groups is 1. The van der Waals surface area contributed by atoms with Crippen LogP contribution in [0.15, 0.2) is 23.2 Å². The predicted octanol–water partition coefficient (Wildman–Crippen LogP) is 4.01. The highest BCUT2D eigenvalue weighted by molar-refractivity contribution is 5.79. The van der Waals surface area contributed by atoms with E-state index in [0.29, 0.717) is 32.0 Å². The second-order valence-electron chi connectivity index (χ2n) is 6.36. The zero-order valence-corrected chi connectivity index (χ0v) is 15.0. The highest BCUT2D eigenvalue weighted by Gasteiger charge is 2.41. The Hall–Kier alpha value is -1.99. The van der Waals surface area contributed by atoms with Gasteiger partial charge in [0.2, 0.25) is 0 Å². The molecule has 146 valence electrons. The third kappa shape index (κ3) is 5.78. The van der Waals surface area contributed by atoms with Crippen molar-refractivity contribution >= 4 is 5.96 Å². The fourth-order valence-electron chi connectivity index (χ4n) is 3.07. The normalized spacial score (nSPS) is 21.4. The molecule has 1 fully saturated rings. The number of guanidine groups is 1. The number of nitrogens with one attached hydrogen (secondary N) is 2. The van der Waals surface area contributed by atoms with Crippen LogP contribution in [0.3, 0.4) is 0 Å². The van der Waals surface area contributed by atoms with Gasteiger partial charge in [0.05, 0.1) is 12.5 Å². The minimum absolute atomic E-state index is 0.0446. The molecule has 8 heteroatoms. The van der Waals surface area contributed by atoms with E-state index >= 15 is 0 Å². The zero-order chi connectivity index (χ0) is 19.2. The second-order valence-corrected chi connectivity index (χ2v) is 6.36. The van der Waals surface area contributed by atoms with Gasteiger partial charge in [0.1, 0.15) is 0 Å². The molecule has 4 nitrogen and oxygen atoms in total. The van der Waals surface area contributed by atoms with E-state index in [9.17, 15) is 17.6 Å². The lowest BCUT2D eigenvalue weighted by Crippen LogP contribution is -2.45. The van der Waals surface area contributed by atoms with Crippen LogP contribution >= 0.6 is 0 Å². The molecule has 0 saturated heterocycles. The molecular formula is C18H25F4N3O. The number of rotatable bonds is 5. The minimum atomic E-state index is -4.11. The summed E-state index contributed by atoms with van der Waals surface area (Å²) in [7, 11) is 1.59. The molecule has 0 unspecified atom stereocenters. The van der Waals surface area contributed by atoms with Crippen LogP contribution in [0.5, 0.6) is 5.75 Å². The van der Waals surface area contributed by atoms with Crippen LogP contribution in [-0.2, 0) is 6.54 Å². The summed E-state index contributed by atoms with van der Waals surface area (Å²) in [6.45, 7) is 2.52. The lowest BCUT2D eigenvalue weighted by Gasteiger charge is -2.31. The first kappa shape index (κ1) is 20.3. The molecule has 0 aliphatic heterocycles. The number of alkyl halides is 3. The molecule has 0 radical (unpaired) electrons. The molecule has 26 heavy (non-hydrogen) atoms. The highest BCUT2D eigenvalue weighted by atomic mass is 19.4. The van der Waals surface area contributed by atoms with E-state index in [1.807, 2.05) is 0 Å². The van der Waals surface area contributed by atoms with Gasteiger partial charge >= 0.3 is 6.18 Å². The van der Waals surface area contributed by atoms with Gasteiger partial charge < -0.3 is 15.4 Å². The maximum atomic E-state index is 13.9. The first-order valence-corrected chi connectivity index (χ1v) is 8.78. The van der Waals surface area contributed by atoms with Crippen molar-refractivity contribution in [1.29, 1.82) is 0 Å². The molecule has 1 aliphatic carbocycles. The Kier molecular flexibility index (Phi) is 7.11. The third-order valence-corrected chi connectivity index (χ3v) is 4.51. The molecule has 0 amide bonds. The van der Waals surface area contributed by atoms with Crippen LogP contribution in [0.2, 0.25) is 0 Å². The van der Waals surface area contributed by atoms with Gasteiger partial charge in [-0.1, -0.05) is 6.07 Å². The van der Waals surface area contributed by atoms with Crippen molar-refractivity contribution in [2.75, 3.05) is 13.7 Å². The average Bonchev–Trinajstić information content (AvgIpc) is 2.60. The smallest absolute Gasteiger partial charge is 0.391 e. The predicted molar refractivity (Wildman–Crippen MR) is 92.7 cm³/mol. The maximum absolute atomic E-state index is 13.9. The van der Waals surface area contributed by atoms with Crippen molar-refractivity contribution in [2.24, 2.45) is 10.9 Å². The van der Waals surface area contributed by atoms with Gasteiger partial charge in [0.15, 0.2) is 17.5 Å². The molecule has 0 aromatic heterocycles. The molecule has 1 aliphatic rings. The summed E-state index contributed by atoms with van der Waals surface area (Å²) in [5.74, 6) is -0.933. The number of halogens is 4. The number of benzene rings is 1. The standard InChI is InChI=1S/C18H25F4N3O/c1-3-26-16-9-4-12(10-15(16)19)11-24-17(23-2)25-14-7-5-13(6-8-14)18(20,21)22/h4,9-10,13-14H,3,5-8,11H2,1-2H3,(H2,23,24,25). The summed E-state index contributed by atoms with van der Waals surface area (Å²) >= 11 is 0. The van der Waals surface area contributed by atoms with Crippen LogP contribution in [0.1, 0.15) is 38.2 Å². The Morgan fingerprint density at radius 1 is 1.23 bits per heavy atom. The Balaban J connectivity index is 1.82. The van der Waals surface area contributed by atoms with Gasteiger partial charge in [-0.3, -0.25) is 4.99 Å². The number of nitrogens with zero attached hydrogens (tertiary/aromatic N) is 1. The van der Waals surface area contributed by atoms with E-state index in [4.69, 9.17) is 4.74 Å². The average molecular weight is 375 g/mol. The van der Waals surface area contributed by atoms with Crippen molar-refractivity contribution in [3.05, 3.63) is 29.6 Å². The first-order valence-electron chi connectivity index (χ1n) is 8.78. The fourth-order valence-corrected chi connectivity index (χ4v) is 3.07. The molecule has 0 heterocycles. The lowest BCUT2D eigenvalue weighted by atomic mass is 9.85. The molecule has 1 saturated carbocycles. The van der Waals surface area contributed by atoms with Crippen LogP contribution in [0.4, 0.5) is 17.6 Å². The second kappa shape index (κ2) is 9.09. The Bertz CT molecular complexity index is 611. The monoisotopic (exact) mass is 375 g/mol. The van der Waals surface area contributed by atoms with Crippen LogP contribution < -0.4 is 15.4 Å². The van der Waals surface area contributed by atoms with Gasteiger partial charge in [0, 0.05) is 19.6 Å². The summed E-state index contributed by atoms with van der Waals surface area (Å²) in [6, 6.07) is 4.67. The number of hydrogen-bond acceptors (Lipinski definition) is 2. The van der Waals surface area contributed by atoms with Crippen molar-refractivity contribution in [1.82, 2.24) is 10.6 Å². The van der Waals surface area contributed by atoms with Crippen molar-refractivity contribution in [2.45, 2.75) is 51.4 Å². The van der Waals surface area contributed by atoms with Crippen molar-refractivity contribution in [3.8, 4) is 5.75 Å². The van der Waals surface area contributed by atoms with Crippen LogP contribution in [0, 0.1) is 11.7 Å². The van der Waals surface area contributed by atoms with Gasteiger partial charge in [-0.2, -0.15) is 13.2 Å². The van der Waals surface area contributed by atoms with Crippen molar-refractivity contribution in [3.63, 3.8) is 0 Å². The topological polar surface area (TPSA) is 45.6 Å². The van der Waals surface area contributed by atoms with Gasteiger partial charge in [-0.15, -0.1) is 0 Å². The van der Waals surface area contributed by atoms with E-state index in [1.165, 1.54) is 6.07 Å². The summed E-state index contributed by atoms with van der Waals surface area (Å²) in [4.78, 5) is 4.09. The van der Waals surface area contributed by atoms with E-state index < -0.39 is 17.9 Å². The highest BCUT2D eigenvalue weighted by Crippen LogP contribution is 2.37. The fraction of sp³-hybridized carbons (Fsp3) is 0.611.